The molecule has 5 rings (SSSR count). The van der Waals surface area contributed by atoms with E-state index in [0.717, 1.165) is 16.6 Å². The Morgan fingerprint density at radius 1 is 1.28 bits per heavy atom. The fraction of sp³-hybridized carbons (Fsp3) is 0.273. The van der Waals surface area contributed by atoms with Crippen LogP contribution in [0.2, 0.25) is 0 Å². The van der Waals surface area contributed by atoms with Crippen molar-refractivity contribution in [1.29, 1.82) is 0 Å². The lowest BCUT2D eigenvalue weighted by Crippen LogP contribution is -2.41. The molecule has 0 unspecified atom stereocenters. The molecule has 4 heterocycles. The van der Waals surface area contributed by atoms with Crippen LogP contribution in [-0.4, -0.2) is 44.4 Å². The number of nitrogens with one attached hydrogen (secondary N) is 1. The van der Waals surface area contributed by atoms with E-state index in [1.54, 1.807) is 6.33 Å². The van der Waals surface area contributed by atoms with E-state index in [4.69, 9.17) is 14.1 Å². The summed E-state index contributed by atoms with van der Waals surface area (Å²) in [5, 5.41) is 0.951. The minimum absolute atomic E-state index is 0.0796. The quantitative estimate of drug-likeness (QED) is 0.508. The van der Waals surface area contributed by atoms with Gasteiger partial charge in [0.05, 0.1) is 23.2 Å². The molecule has 10 heteroatoms. The maximum Gasteiger partial charge on any atom is 0.292 e. The number of carbonyl (C=O) groups excluding carboxylic acids is 1. The first-order valence-corrected chi connectivity index (χ1v) is 10.0. The smallest absolute Gasteiger partial charge is 0.292 e. The number of hydrogen-bond donors (Lipinski definition) is 1. The summed E-state index contributed by atoms with van der Waals surface area (Å²) in [4.78, 5) is 30.9. The molecule has 1 N–H and O–H groups in total. The number of benzene rings is 1. The van der Waals surface area contributed by atoms with Crippen LogP contribution >= 0.6 is 0 Å². The number of nitrogens with zero attached hydrogens (tertiary/aromatic N) is 4. The standard InChI is InChI=1S/C22H19F2N5O3/c1-31-10-16-28-18(21(23)24)20(32-16)22(30)29-9-8-14-17(26-11-25-14)19(29)15-7-6-12-4-2-3-5-13(12)27-15/h2-7,11,19,21H,8-10H2,1H3,(H,25,26)/t19-/m1/s1. The SMILES string of the molecule is COCc1nc(C(F)F)c(C(=O)N2CCc3[nH]cnc3[C@H]2c2ccc3ccccc3n2)o1. The Bertz CT molecular complexity index is 1290. The number of ether oxygens (including phenoxy) is 1. The normalized spacial score (nSPS) is 16.0. The number of hydrogen-bond acceptors (Lipinski definition) is 6. The van der Waals surface area contributed by atoms with Crippen molar-refractivity contribution in [2.75, 3.05) is 13.7 Å². The van der Waals surface area contributed by atoms with Crippen molar-refractivity contribution in [1.82, 2.24) is 24.8 Å². The summed E-state index contributed by atoms with van der Waals surface area (Å²) in [5.74, 6) is -1.26. The number of aromatic amines is 1. The molecule has 0 bridgehead atoms. The Balaban J connectivity index is 1.60. The second kappa shape index (κ2) is 8.12. The second-order valence-corrected chi connectivity index (χ2v) is 7.40. The van der Waals surface area contributed by atoms with Crippen LogP contribution in [0.3, 0.4) is 0 Å². The molecule has 0 radical (unpaired) electrons. The summed E-state index contributed by atoms with van der Waals surface area (Å²) in [7, 11) is 1.39. The molecule has 1 atom stereocenters. The highest BCUT2D eigenvalue weighted by atomic mass is 19.3. The number of alkyl halides is 2. The molecular weight excluding hydrogens is 420 g/mol. The van der Waals surface area contributed by atoms with Crippen molar-refractivity contribution in [2.24, 2.45) is 0 Å². The van der Waals surface area contributed by atoms with E-state index >= 15 is 0 Å². The number of pyridine rings is 1. The predicted molar refractivity (Wildman–Crippen MR) is 109 cm³/mol. The molecule has 1 amide bonds. The van der Waals surface area contributed by atoms with Crippen LogP contribution < -0.4 is 0 Å². The Hall–Kier alpha value is -3.66. The van der Waals surface area contributed by atoms with Gasteiger partial charge < -0.3 is 19.0 Å². The lowest BCUT2D eigenvalue weighted by atomic mass is 9.98. The molecule has 0 saturated carbocycles. The third-order valence-electron chi connectivity index (χ3n) is 5.45. The summed E-state index contributed by atoms with van der Waals surface area (Å²) < 4.78 is 37.6. The molecule has 1 aromatic carbocycles. The number of fused-ring (bicyclic) bond motifs is 2. The number of carbonyl (C=O) groups is 1. The van der Waals surface area contributed by atoms with Gasteiger partial charge in [-0.25, -0.2) is 18.7 Å². The van der Waals surface area contributed by atoms with Crippen LogP contribution in [-0.2, 0) is 17.8 Å². The Morgan fingerprint density at radius 2 is 2.12 bits per heavy atom. The molecule has 3 aromatic heterocycles. The van der Waals surface area contributed by atoms with Crippen LogP contribution in [0.1, 0.15) is 51.7 Å². The van der Waals surface area contributed by atoms with Gasteiger partial charge in [-0.05, 0) is 12.1 Å². The van der Waals surface area contributed by atoms with Crippen molar-refractivity contribution >= 4 is 16.8 Å². The fourth-order valence-electron chi connectivity index (χ4n) is 4.02. The molecule has 0 saturated heterocycles. The maximum absolute atomic E-state index is 13.6. The number of oxazole rings is 1. The summed E-state index contributed by atoms with van der Waals surface area (Å²) in [6.45, 7) is 0.155. The molecule has 164 valence electrons. The molecule has 1 aliphatic heterocycles. The second-order valence-electron chi connectivity index (χ2n) is 7.40. The van der Waals surface area contributed by atoms with Crippen LogP contribution in [0.15, 0.2) is 47.1 Å². The molecule has 0 spiro atoms. The van der Waals surface area contributed by atoms with Gasteiger partial charge in [0, 0.05) is 31.2 Å². The van der Waals surface area contributed by atoms with Crippen molar-refractivity contribution in [3.63, 3.8) is 0 Å². The van der Waals surface area contributed by atoms with Gasteiger partial charge in [0.15, 0.2) is 5.69 Å². The van der Waals surface area contributed by atoms with Crippen LogP contribution in [0.4, 0.5) is 8.78 Å². The Kier molecular flexibility index (Phi) is 5.14. The van der Waals surface area contributed by atoms with Crippen LogP contribution in [0.5, 0.6) is 0 Å². The van der Waals surface area contributed by atoms with E-state index in [-0.39, 0.29) is 19.0 Å². The van der Waals surface area contributed by atoms with Crippen molar-refractivity contribution < 1.29 is 22.7 Å². The first kappa shape index (κ1) is 20.3. The van der Waals surface area contributed by atoms with E-state index in [2.05, 4.69) is 15.0 Å². The van der Waals surface area contributed by atoms with E-state index < -0.39 is 29.8 Å². The number of amides is 1. The van der Waals surface area contributed by atoms with Crippen molar-refractivity contribution in [3.05, 3.63) is 77.2 Å². The lowest BCUT2D eigenvalue weighted by molar-refractivity contribution is 0.0633. The van der Waals surface area contributed by atoms with Gasteiger partial charge in [0.1, 0.15) is 12.6 Å². The minimum Gasteiger partial charge on any atom is -0.432 e. The Morgan fingerprint density at radius 3 is 2.94 bits per heavy atom. The first-order chi connectivity index (χ1) is 15.6. The number of rotatable bonds is 5. The number of para-hydroxylation sites is 1. The molecule has 0 aliphatic carbocycles. The Labute approximate surface area is 181 Å². The first-order valence-electron chi connectivity index (χ1n) is 10.0. The highest BCUT2D eigenvalue weighted by molar-refractivity contribution is 5.93. The summed E-state index contributed by atoms with van der Waals surface area (Å²) in [5.41, 5.74) is 2.15. The van der Waals surface area contributed by atoms with Crippen molar-refractivity contribution in [2.45, 2.75) is 25.5 Å². The summed E-state index contributed by atoms with van der Waals surface area (Å²) in [6, 6.07) is 10.7. The van der Waals surface area contributed by atoms with E-state index in [1.165, 1.54) is 12.0 Å². The van der Waals surface area contributed by atoms with Gasteiger partial charge in [-0.1, -0.05) is 24.3 Å². The minimum atomic E-state index is -2.97. The van der Waals surface area contributed by atoms with Crippen LogP contribution in [0, 0.1) is 0 Å². The topological polar surface area (TPSA) is 97.1 Å². The molecule has 1 aliphatic rings. The van der Waals surface area contributed by atoms with Crippen molar-refractivity contribution in [3.8, 4) is 0 Å². The molecule has 32 heavy (non-hydrogen) atoms. The summed E-state index contributed by atoms with van der Waals surface area (Å²) >= 11 is 0. The maximum atomic E-state index is 13.6. The average molecular weight is 439 g/mol. The highest BCUT2D eigenvalue weighted by Gasteiger charge is 2.39. The van der Waals surface area contributed by atoms with E-state index in [9.17, 15) is 13.6 Å². The van der Waals surface area contributed by atoms with Gasteiger partial charge in [0.25, 0.3) is 12.3 Å². The zero-order valence-electron chi connectivity index (χ0n) is 17.1. The molecule has 0 fully saturated rings. The van der Waals surface area contributed by atoms with Gasteiger partial charge >= 0.3 is 0 Å². The van der Waals surface area contributed by atoms with Gasteiger partial charge in [-0.3, -0.25) is 9.78 Å². The zero-order valence-corrected chi connectivity index (χ0v) is 17.1. The number of methoxy groups -OCH3 is 1. The number of imidazole rings is 1. The third kappa shape index (κ3) is 3.42. The number of aromatic nitrogens is 4. The van der Waals surface area contributed by atoms with Crippen LogP contribution in [0.25, 0.3) is 10.9 Å². The number of H-pyrrole nitrogens is 1. The molecule has 4 aromatic rings. The largest absolute Gasteiger partial charge is 0.432 e. The van der Waals surface area contributed by atoms with E-state index in [1.807, 2.05) is 36.4 Å². The van der Waals surface area contributed by atoms with Gasteiger partial charge in [0.2, 0.25) is 11.7 Å². The lowest BCUT2D eigenvalue weighted by Gasteiger charge is -2.34. The number of halogens is 2. The van der Waals surface area contributed by atoms with Gasteiger partial charge in [-0.2, -0.15) is 0 Å². The average Bonchev–Trinajstić information content (AvgIpc) is 3.45. The predicted octanol–water partition coefficient (Wildman–Crippen LogP) is 3.82. The zero-order chi connectivity index (χ0) is 22.2. The third-order valence-corrected chi connectivity index (χ3v) is 5.45. The van der Waals surface area contributed by atoms with E-state index in [0.29, 0.717) is 17.8 Å². The molecular formula is C22H19F2N5O3. The highest BCUT2D eigenvalue weighted by Crippen LogP contribution is 2.35. The summed E-state index contributed by atoms with van der Waals surface area (Å²) in [6.07, 6.45) is -0.914. The van der Waals surface area contributed by atoms with Gasteiger partial charge in [-0.15, -0.1) is 0 Å². The fourth-order valence-corrected chi connectivity index (χ4v) is 4.02. The molecule has 8 nitrogen and oxygen atoms in total. The monoisotopic (exact) mass is 439 g/mol.